The lowest BCUT2D eigenvalue weighted by Crippen LogP contribution is -2.53. The van der Waals surface area contributed by atoms with Gasteiger partial charge in [-0.25, -0.2) is 0 Å². The summed E-state index contributed by atoms with van der Waals surface area (Å²) in [5, 5.41) is 7.90. The van der Waals surface area contributed by atoms with Crippen molar-refractivity contribution in [1.29, 1.82) is 0 Å². The number of carbonyl (C=O) groups excluding carboxylic acids is 2. The van der Waals surface area contributed by atoms with E-state index in [1.54, 1.807) is 0 Å². The van der Waals surface area contributed by atoms with Crippen molar-refractivity contribution in [2.24, 2.45) is 0 Å². The first-order chi connectivity index (χ1) is 21.5. The summed E-state index contributed by atoms with van der Waals surface area (Å²) in [5.41, 5.74) is 4.44. The Kier molecular flexibility index (Phi) is 9.46. The number of ether oxygens (including phenoxy) is 2. The number of benzene rings is 3. The molecular formula is C36H42N4O4. The first-order valence-corrected chi connectivity index (χ1v) is 15.8. The quantitative estimate of drug-likeness (QED) is 0.206. The summed E-state index contributed by atoms with van der Waals surface area (Å²) in [6.07, 6.45) is 6.21. The maximum atomic E-state index is 13.9. The number of amides is 2. The summed E-state index contributed by atoms with van der Waals surface area (Å²) < 4.78 is 11.0. The number of likely N-dealkylation sites (tertiary alicyclic amines) is 1. The highest BCUT2D eigenvalue weighted by Crippen LogP contribution is 2.35. The number of rotatable bonds is 12. The molecule has 0 saturated carbocycles. The van der Waals surface area contributed by atoms with Crippen molar-refractivity contribution in [2.75, 3.05) is 26.4 Å². The van der Waals surface area contributed by atoms with E-state index in [4.69, 9.17) is 9.47 Å². The highest BCUT2D eigenvalue weighted by Gasteiger charge is 2.30. The molecule has 230 valence electrons. The average molecular weight is 595 g/mol. The van der Waals surface area contributed by atoms with Crippen LogP contribution in [0.4, 0.5) is 0 Å². The zero-order valence-corrected chi connectivity index (χ0v) is 25.4. The number of aromatic amines is 1. The van der Waals surface area contributed by atoms with Crippen LogP contribution in [-0.2, 0) is 22.4 Å². The third-order valence-corrected chi connectivity index (χ3v) is 9.00. The Morgan fingerprint density at radius 1 is 0.977 bits per heavy atom. The Morgan fingerprint density at radius 3 is 2.59 bits per heavy atom. The van der Waals surface area contributed by atoms with Gasteiger partial charge in [0.1, 0.15) is 6.04 Å². The van der Waals surface area contributed by atoms with Gasteiger partial charge in [0.25, 0.3) is 0 Å². The average Bonchev–Trinajstić information content (AvgIpc) is 3.71. The summed E-state index contributed by atoms with van der Waals surface area (Å²) >= 11 is 0. The van der Waals surface area contributed by atoms with Crippen molar-refractivity contribution in [1.82, 2.24) is 20.5 Å². The lowest BCUT2D eigenvalue weighted by Gasteiger charge is -2.35. The maximum absolute atomic E-state index is 13.9. The van der Waals surface area contributed by atoms with Crippen LogP contribution in [0.3, 0.4) is 0 Å². The molecule has 3 aromatic carbocycles. The normalized spacial score (nSPS) is 16.2. The monoisotopic (exact) mass is 594 g/mol. The molecule has 1 fully saturated rings. The van der Waals surface area contributed by atoms with Crippen LogP contribution in [0.1, 0.15) is 55.2 Å². The van der Waals surface area contributed by atoms with E-state index < -0.39 is 6.04 Å². The van der Waals surface area contributed by atoms with Crippen molar-refractivity contribution in [3.05, 3.63) is 95.7 Å². The van der Waals surface area contributed by atoms with Crippen LogP contribution in [0, 0.1) is 0 Å². The highest BCUT2D eigenvalue weighted by atomic mass is 16.7. The largest absolute Gasteiger partial charge is 0.454 e. The number of para-hydroxylation sites is 1. The fourth-order valence-corrected chi connectivity index (χ4v) is 6.30. The molecule has 2 atom stereocenters. The summed E-state index contributed by atoms with van der Waals surface area (Å²) in [5.74, 6) is 1.94. The third-order valence-electron chi connectivity index (χ3n) is 9.00. The fourth-order valence-electron chi connectivity index (χ4n) is 6.30. The molecule has 4 aromatic rings. The zero-order valence-electron chi connectivity index (χ0n) is 25.4. The molecule has 1 saturated heterocycles. The predicted molar refractivity (Wildman–Crippen MR) is 172 cm³/mol. The fraction of sp³-hybridized carbons (Fsp3) is 0.389. The smallest absolute Gasteiger partial charge is 0.245 e. The second-order valence-electron chi connectivity index (χ2n) is 12.0. The number of fused-ring (bicyclic) bond motifs is 2. The van der Waals surface area contributed by atoms with Gasteiger partial charge in [-0.1, -0.05) is 61.5 Å². The second kappa shape index (κ2) is 14.0. The number of nitrogens with one attached hydrogen (secondary N) is 3. The van der Waals surface area contributed by atoms with Gasteiger partial charge in [0.15, 0.2) is 11.5 Å². The van der Waals surface area contributed by atoms with E-state index in [1.807, 2.05) is 65.7 Å². The van der Waals surface area contributed by atoms with E-state index in [0.29, 0.717) is 51.1 Å². The molecule has 6 rings (SSSR count). The molecule has 8 heteroatoms. The molecule has 44 heavy (non-hydrogen) atoms. The van der Waals surface area contributed by atoms with E-state index in [2.05, 4.69) is 40.7 Å². The Hall–Kier alpha value is -4.30. The molecule has 0 radical (unpaired) electrons. The topological polar surface area (TPSA) is 95.7 Å². The van der Waals surface area contributed by atoms with Crippen LogP contribution < -0.4 is 20.1 Å². The lowest BCUT2D eigenvalue weighted by atomic mass is 9.96. The second-order valence-corrected chi connectivity index (χ2v) is 12.0. The number of hydrogen-bond donors (Lipinski definition) is 3. The standard InChI is InChI=1S/C36H42N4O4/c1-25(27-12-13-33-34(22-27)44-24-43-33)15-18-37-29-16-19-40(20-17-29)36(42)32(21-28-23-38-31-10-6-5-9-30(28)31)39-35(41)14-11-26-7-3-2-4-8-26/h2-10,12-13,22-23,25,29,32,37-38H,11,14-21,24H2,1H3,(H,39,41)/t25-,32+/m0/s1. The molecule has 0 unspecified atom stereocenters. The number of hydrogen-bond acceptors (Lipinski definition) is 5. The molecular weight excluding hydrogens is 552 g/mol. The summed E-state index contributed by atoms with van der Waals surface area (Å²) in [6, 6.07) is 24.0. The van der Waals surface area contributed by atoms with Crippen LogP contribution in [0.25, 0.3) is 10.9 Å². The molecule has 3 N–H and O–H groups in total. The minimum absolute atomic E-state index is 0.00165. The Labute approximate surface area is 259 Å². The van der Waals surface area contributed by atoms with Gasteiger partial charge < -0.3 is 30.0 Å². The number of piperidine rings is 1. The molecule has 0 bridgehead atoms. The number of H-pyrrole nitrogens is 1. The Morgan fingerprint density at radius 2 is 1.75 bits per heavy atom. The van der Waals surface area contributed by atoms with Gasteiger partial charge in [0.2, 0.25) is 18.6 Å². The third kappa shape index (κ3) is 7.25. The van der Waals surface area contributed by atoms with Gasteiger partial charge in [-0.2, -0.15) is 0 Å². The van der Waals surface area contributed by atoms with Crippen molar-refractivity contribution in [3.63, 3.8) is 0 Å². The van der Waals surface area contributed by atoms with Crippen LogP contribution in [0.5, 0.6) is 11.5 Å². The molecule has 1 aromatic heterocycles. The van der Waals surface area contributed by atoms with E-state index in [1.165, 1.54) is 5.56 Å². The van der Waals surface area contributed by atoms with Gasteiger partial charge in [-0.3, -0.25) is 9.59 Å². The molecule has 0 aliphatic carbocycles. The van der Waals surface area contributed by atoms with E-state index in [-0.39, 0.29) is 11.8 Å². The van der Waals surface area contributed by atoms with Crippen LogP contribution in [-0.4, -0.2) is 60.2 Å². The van der Waals surface area contributed by atoms with Crippen LogP contribution >= 0.6 is 0 Å². The van der Waals surface area contributed by atoms with Crippen molar-refractivity contribution >= 4 is 22.7 Å². The minimum atomic E-state index is -0.607. The summed E-state index contributed by atoms with van der Waals surface area (Å²) in [6.45, 7) is 4.80. The molecule has 2 amide bonds. The minimum Gasteiger partial charge on any atom is -0.454 e. The SMILES string of the molecule is C[C@@H](CCNC1CCN(C(=O)[C@@H](Cc2c[nH]c3ccccc23)NC(=O)CCc2ccccc2)CC1)c1ccc2c(c1)OCO2. The van der Waals surface area contributed by atoms with Gasteiger partial charge in [-0.15, -0.1) is 0 Å². The van der Waals surface area contributed by atoms with Crippen molar-refractivity contribution in [2.45, 2.75) is 63.5 Å². The maximum Gasteiger partial charge on any atom is 0.245 e. The first kappa shape index (κ1) is 29.8. The van der Waals surface area contributed by atoms with Crippen molar-refractivity contribution in [3.8, 4) is 11.5 Å². The summed E-state index contributed by atoms with van der Waals surface area (Å²) in [4.78, 5) is 32.2. The molecule has 8 nitrogen and oxygen atoms in total. The Balaban J connectivity index is 1.02. The zero-order chi connectivity index (χ0) is 30.3. The molecule has 3 heterocycles. The Bertz CT molecular complexity index is 1560. The summed E-state index contributed by atoms with van der Waals surface area (Å²) in [7, 11) is 0. The van der Waals surface area contributed by atoms with Crippen LogP contribution in [0.2, 0.25) is 0 Å². The van der Waals surface area contributed by atoms with Gasteiger partial charge >= 0.3 is 0 Å². The van der Waals surface area contributed by atoms with Crippen molar-refractivity contribution < 1.29 is 19.1 Å². The van der Waals surface area contributed by atoms with Gasteiger partial charge in [-0.05, 0) is 73.0 Å². The number of carbonyl (C=O) groups is 2. The van der Waals surface area contributed by atoms with E-state index in [9.17, 15) is 9.59 Å². The van der Waals surface area contributed by atoms with E-state index >= 15 is 0 Å². The highest BCUT2D eigenvalue weighted by molar-refractivity contribution is 5.89. The number of aromatic nitrogens is 1. The van der Waals surface area contributed by atoms with Gasteiger partial charge in [0.05, 0.1) is 0 Å². The first-order valence-electron chi connectivity index (χ1n) is 15.8. The molecule has 2 aliphatic heterocycles. The van der Waals surface area contributed by atoms with E-state index in [0.717, 1.165) is 59.3 Å². The lowest BCUT2D eigenvalue weighted by molar-refractivity contribution is -0.137. The number of aryl methyl sites for hydroxylation is 1. The molecule has 2 aliphatic rings. The van der Waals surface area contributed by atoms with Gasteiger partial charge in [0, 0.05) is 49.1 Å². The predicted octanol–water partition coefficient (Wildman–Crippen LogP) is 5.33. The molecule has 0 spiro atoms. The number of nitrogens with zero attached hydrogens (tertiary/aromatic N) is 1. The van der Waals surface area contributed by atoms with Crippen LogP contribution in [0.15, 0.2) is 79.0 Å².